The van der Waals surface area contributed by atoms with Gasteiger partial charge in [0.05, 0.1) is 24.3 Å². The zero-order chi connectivity index (χ0) is 18.5. The van der Waals surface area contributed by atoms with Crippen molar-refractivity contribution >= 4 is 23.1 Å². The third kappa shape index (κ3) is 2.65. The number of benzene rings is 1. The molecule has 0 unspecified atom stereocenters. The number of carbonyl (C=O) groups excluding carboxylic acids is 1. The van der Waals surface area contributed by atoms with Gasteiger partial charge in [0.1, 0.15) is 5.76 Å². The molecule has 2 fully saturated rings. The van der Waals surface area contributed by atoms with Crippen LogP contribution in [0.1, 0.15) is 48.8 Å². The largest absolute Gasteiger partial charge is 0.509 e. The molecule has 2 N–H and O–H groups in total. The van der Waals surface area contributed by atoms with E-state index in [0.717, 1.165) is 23.1 Å². The second-order valence-corrected chi connectivity index (χ2v) is 7.99. The molecule has 26 heavy (non-hydrogen) atoms. The van der Waals surface area contributed by atoms with Gasteiger partial charge in [0, 0.05) is 17.9 Å². The number of carbonyl (C=O) groups is 1. The Morgan fingerprint density at radius 1 is 1.12 bits per heavy atom. The Hall–Kier alpha value is -1.56. The van der Waals surface area contributed by atoms with E-state index in [1.54, 1.807) is 0 Å². The van der Waals surface area contributed by atoms with Crippen molar-refractivity contribution in [3.05, 3.63) is 39.6 Å². The molecule has 2 heterocycles. The van der Waals surface area contributed by atoms with Gasteiger partial charge < -0.3 is 19.9 Å². The van der Waals surface area contributed by atoms with Crippen molar-refractivity contribution in [3.63, 3.8) is 0 Å². The summed E-state index contributed by atoms with van der Waals surface area (Å²) in [4.78, 5) is 12.8. The van der Waals surface area contributed by atoms with Crippen LogP contribution in [0.25, 0.3) is 5.57 Å². The molecule has 0 bridgehead atoms. The van der Waals surface area contributed by atoms with Gasteiger partial charge >= 0.3 is 0 Å². The van der Waals surface area contributed by atoms with E-state index in [1.165, 1.54) is 0 Å². The molecule has 6 heteroatoms. The maximum Gasteiger partial charge on any atom is 0.256 e. The van der Waals surface area contributed by atoms with E-state index in [0.29, 0.717) is 49.5 Å². The Morgan fingerprint density at radius 2 is 1.77 bits per heavy atom. The summed E-state index contributed by atoms with van der Waals surface area (Å²) in [5.41, 5.74) is 2.08. The second-order valence-electron chi connectivity index (χ2n) is 7.59. The van der Waals surface area contributed by atoms with Gasteiger partial charge in [-0.15, -0.1) is 0 Å². The maximum absolute atomic E-state index is 12.8. The van der Waals surface area contributed by atoms with Crippen molar-refractivity contribution < 1.29 is 19.4 Å². The number of aliphatic hydroxyl groups is 1. The SMILES string of the molecule is Cc1ccc(Cl)c(C)c1C1=C(O)C2(CCC3(CC2)OCCCO3)NC1=O. The van der Waals surface area contributed by atoms with Crippen LogP contribution in [-0.4, -0.2) is 35.6 Å². The summed E-state index contributed by atoms with van der Waals surface area (Å²) in [6, 6.07) is 3.70. The van der Waals surface area contributed by atoms with Crippen molar-refractivity contribution in [2.45, 2.75) is 57.3 Å². The van der Waals surface area contributed by atoms with Crippen LogP contribution in [0.4, 0.5) is 0 Å². The third-order valence-electron chi connectivity index (χ3n) is 6.01. The molecule has 1 aromatic rings. The van der Waals surface area contributed by atoms with E-state index in [9.17, 15) is 9.90 Å². The predicted molar refractivity (Wildman–Crippen MR) is 99.1 cm³/mol. The van der Waals surface area contributed by atoms with Gasteiger partial charge in [0.2, 0.25) is 0 Å². The normalized spacial score (nSPS) is 24.3. The first-order chi connectivity index (χ1) is 12.4. The molecule has 1 saturated carbocycles. The summed E-state index contributed by atoms with van der Waals surface area (Å²) in [5, 5.41) is 14.7. The average Bonchev–Trinajstić information content (AvgIpc) is 2.87. The average molecular weight is 378 g/mol. The molecule has 1 aromatic carbocycles. The van der Waals surface area contributed by atoms with Crippen molar-refractivity contribution in [1.82, 2.24) is 5.32 Å². The first-order valence-corrected chi connectivity index (χ1v) is 9.56. The molecule has 1 amide bonds. The molecule has 0 atom stereocenters. The quantitative estimate of drug-likeness (QED) is 0.781. The van der Waals surface area contributed by atoms with Crippen LogP contribution < -0.4 is 5.32 Å². The molecule has 0 aromatic heterocycles. The lowest BCUT2D eigenvalue weighted by molar-refractivity contribution is -0.284. The number of aryl methyl sites for hydroxylation is 1. The van der Waals surface area contributed by atoms with Crippen LogP contribution in [-0.2, 0) is 14.3 Å². The summed E-state index contributed by atoms with van der Waals surface area (Å²) in [6.07, 6.45) is 3.39. The lowest BCUT2D eigenvalue weighted by Crippen LogP contribution is -2.54. The molecule has 1 saturated heterocycles. The number of hydrogen-bond donors (Lipinski definition) is 2. The third-order valence-corrected chi connectivity index (χ3v) is 6.42. The summed E-state index contributed by atoms with van der Waals surface area (Å²) in [5.74, 6) is -0.668. The van der Waals surface area contributed by atoms with Crippen LogP contribution in [0.15, 0.2) is 17.9 Å². The summed E-state index contributed by atoms with van der Waals surface area (Å²) < 4.78 is 11.8. The molecule has 140 valence electrons. The number of aliphatic hydroxyl groups excluding tert-OH is 1. The molecule has 2 spiro atoms. The highest BCUT2D eigenvalue weighted by Crippen LogP contribution is 2.47. The Balaban J connectivity index is 1.69. The van der Waals surface area contributed by atoms with Crippen LogP contribution in [0.5, 0.6) is 0 Å². The summed E-state index contributed by atoms with van der Waals surface area (Å²) in [7, 11) is 0. The van der Waals surface area contributed by atoms with Gasteiger partial charge in [-0.2, -0.15) is 0 Å². The number of ether oxygens (including phenoxy) is 2. The number of halogens is 1. The topological polar surface area (TPSA) is 67.8 Å². The van der Waals surface area contributed by atoms with Crippen LogP contribution in [0.3, 0.4) is 0 Å². The minimum Gasteiger partial charge on any atom is -0.509 e. The standard InChI is InChI=1S/C20H24ClNO4/c1-12-4-5-14(21)13(2)15(12)16-17(23)19(22-18(16)24)6-8-20(9-7-19)25-10-3-11-26-20/h4-5,23H,3,6-11H2,1-2H3,(H,22,24). The smallest absolute Gasteiger partial charge is 0.256 e. The van der Waals surface area contributed by atoms with Crippen LogP contribution in [0, 0.1) is 13.8 Å². The van der Waals surface area contributed by atoms with E-state index in [-0.39, 0.29) is 11.7 Å². The monoisotopic (exact) mass is 377 g/mol. The number of rotatable bonds is 1. The van der Waals surface area contributed by atoms with E-state index in [4.69, 9.17) is 21.1 Å². The zero-order valence-electron chi connectivity index (χ0n) is 15.2. The highest BCUT2D eigenvalue weighted by Gasteiger charge is 2.52. The van der Waals surface area contributed by atoms with Gasteiger partial charge in [-0.25, -0.2) is 0 Å². The molecule has 4 rings (SSSR count). The highest BCUT2D eigenvalue weighted by atomic mass is 35.5. The maximum atomic E-state index is 12.8. The van der Waals surface area contributed by atoms with E-state index in [1.807, 2.05) is 26.0 Å². The molecule has 1 aliphatic carbocycles. The lowest BCUT2D eigenvalue weighted by atomic mass is 9.77. The molecular weight excluding hydrogens is 354 g/mol. The minimum absolute atomic E-state index is 0.127. The van der Waals surface area contributed by atoms with Crippen molar-refractivity contribution in [3.8, 4) is 0 Å². The van der Waals surface area contributed by atoms with E-state index < -0.39 is 11.3 Å². The molecule has 0 radical (unpaired) electrons. The van der Waals surface area contributed by atoms with Crippen LogP contribution in [0.2, 0.25) is 5.02 Å². The lowest BCUT2D eigenvalue weighted by Gasteiger charge is -2.45. The Kier molecular flexibility index (Phi) is 4.29. The molecular formula is C20H24ClNO4. The van der Waals surface area contributed by atoms with Gasteiger partial charge in [0.15, 0.2) is 5.79 Å². The van der Waals surface area contributed by atoms with E-state index >= 15 is 0 Å². The fraction of sp³-hybridized carbons (Fsp3) is 0.550. The summed E-state index contributed by atoms with van der Waals surface area (Å²) in [6.45, 7) is 5.21. The predicted octanol–water partition coefficient (Wildman–Crippen LogP) is 3.80. The molecule has 5 nitrogen and oxygen atoms in total. The highest BCUT2D eigenvalue weighted by molar-refractivity contribution is 6.32. The van der Waals surface area contributed by atoms with Crippen molar-refractivity contribution in [2.75, 3.05) is 13.2 Å². The van der Waals surface area contributed by atoms with Crippen molar-refractivity contribution in [2.24, 2.45) is 0 Å². The summed E-state index contributed by atoms with van der Waals surface area (Å²) >= 11 is 6.27. The number of nitrogens with one attached hydrogen (secondary N) is 1. The minimum atomic E-state index is -0.733. The molecule has 3 aliphatic rings. The Morgan fingerprint density at radius 3 is 2.42 bits per heavy atom. The fourth-order valence-corrected chi connectivity index (χ4v) is 4.61. The number of amides is 1. The van der Waals surface area contributed by atoms with Gasteiger partial charge in [-0.1, -0.05) is 17.7 Å². The van der Waals surface area contributed by atoms with Gasteiger partial charge in [0.25, 0.3) is 5.91 Å². The van der Waals surface area contributed by atoms with Gasteiger partial charge in [-0.3, -0.25) is 4.79 Å². The zero-order valence-corrected chi connectivity index (χ0v) is 15.9. The fourth-order valence-electron chi connectivity index (χ4n) is 4.45. The van der Waals surface area contributed by atoms with Crippen molar-refractivity contribution in [1.29, 1.82) is 0 Å². The van der Waals surface area contributed by atoms with Gasteiger partial charge in [-0.05, 0) is 55.9 Å². The Bertz CT molecular complexity index is 785. The number of hydrogen-bond acceptors (Lipinski definition) is 4. The first kappa shape index (κ1) is 17.8. The Labute approximate surface area is 158 Å². The molecule has 2 aliphatic heterocycles. The second kappa shape index (κ2) is 6.25. The van der Waals surface area contributed by atoms with Crippen LogP contribution >= 0.6 is 11.6 Å². The first-order valence-electron chi connectivity index (χ1n) is 9.18. The van der Waals surface area contributed by atoms with E-state index in [2.05, 4.69) is 5.32 Å².